The van der Waals surface area contributed by atoms with Gasteiger partial charge in [0.15, 0.2) is 5.54 Å². The number of esters is 1. The van der Waals surface area contributed by atoms with Gasteiger partial charge in [-0.1, -0.05) is 12.2 Å². The van der Waals surface area contributed by atoms with Crippen LogP contribution in [0.2, 0.25) is 0 Å². The molecule has 2 aliphatic rings. The standard InChI is InChI=1S/C16H25NO6/c1-15(22)11(8-9-18)13(20)17-16(15,14(21)23-2)12(19)10-6-4-3-5-7-10/h4,6,10-12,18-19,22H,3,5,7-9H2,1-2H3,(H,17,20)/t10-,11+,12?,15+,16?/m1/s1. The highest BCUT2D eigenvalue weighted by atomic mass is 16.5. The molecular formula is C16H25NO6. The molecule has 0 aromatic rings. The SMILES string of the molecule is COC(=O)C1(C(O)[C@@H]2C=CCCC2)NC(=O)[C@H](CCO)[C@]1(C)O. The van der Waals surface area contributed by atoms with Crippen LogP contribution in [-0.4, -0.2) is 58.2 Å². The average molecular weight is 327 g/mol. The largest absolute Gasteiger partial charge is 0.467 e. The smallest absolute Gasteiger partial charge is 0.337 e. The van der Waals surface area contributed by atoms with Crippen molar-refractivity contribution >= 4 is 11.9 Å². The van der Waals surface area contributed by atoms with Crippen molar-refractivity contribution in [3.8, 4) is 0 Å². The second-order valence-electron chi connectivity index (χ2n) is 6.47. The van der Waals surface area contributed by atoms with Crippen LogP contribution in [0.25, 0.3) is 0 Å². The lowest BCUT2D eigenvalue weighted by atomic mass is 9.68. The minimum atomic E-state index is -1.95. The van der Waals surface area contributed by atoms with Gasteiger partial charge in [0.2, 0.25) is 5.91 Å². The van der Waals surface area contributed by atoms with Crippen molar-refractivity contribution in [1.82, 2.24) is 5.32 Å². The highest BCUT2D eigenvalue weighted by Gasteiger charge is 2.69. The van der Waals surface area contributed by atoms with Crippen LogP contribution in [0, 0.1) is 11.8 Å². The molecule has 130 valence electrons. The summed E-state index contributed by atoms with van der Waals surface area (Å²) in [5.74, 6) is -2.84. The number of aliphatic hydroxyl groups is 3. The predicted octanol–water partition coefficient (Wildman–Crippen LogP) is -0.505. The number of ether oxygens (including phenoxy) is 1. The zero-order valence-electron chi connectivity index (χ0n) is 13.5. The molecule has 7 heteroatoms. The van der Waals surface area contributed by atoms with Crippen molar-refractivity contribution in [2.24, 2.45) is 11.8 Å². The summed E-state index contributed by atoms with van der Waals surface area (Å²) < 4.78 is 4.80. The normalized spacial score (nSPS) is 38.2. The van der Waals surface area contributed by atoms with Crippen molar-refractivity contribution in [3.05, 3.63) is 12.2 Å². The first-order valence-corrected chi connectivity index (χ1v) is 7.91. The third kappa shape index (κ3) is 2.66. The van der Waals surface area contributed by atoms with Crippen LogP contribution in [0.5, 0.6) is 0 Å². The lowest BCUT2D eigenvalue weighted by Crippen LogP contribution is -2.70. The molecule has 0 radical (unpaired) electrons. The summed E-state index contributed by atoms with van der Waals surface area (Å²) in [6, 6.07) is 0. The summed E-state index contributed by atoms with van der Waals surface area (Å²) in [6.45, 7) is 1.02. The van der Waals surface area contributed by atoms with Gasteiger partial charge in [0.05, 0.1) is 19.1 Å². The Morgan fingerprint density at radius 1 is 1.57 bits per heavy atom. The van der Waals surface area contributed by atoms with Gasteiger partial charge in [-0.3, -0.25) is 4.79 Å². The summed E-state index contributed by atoms with van der Waals surface area (Å²) in [6.07, 6.45) is 4.78. The highest BCUT2D eigenvalue weighted by Crippen LogP contribution is 2.44. The van der Waals surface area contributed by atoms with Gasteiger partial charge in [0.1, 0.15) is 5.60 Å². The van der Waals surface area contributed by atoms with Crippen molar-refractivity contribution < 1.29 is 29.6 Å². The molecule has 23 heavy (non-hydrogen) atoms. The minimum absolute atomic E-state index is 0.00912. The molecule has 0 bridgehead atoms. The van der Waals surface area contributed by atoms with E-state index in [1.807, 2.05) is 6.08 Å². The molecule has 1 heterocycles. The van der Waals surface area contributed by atoms with Crippen LogP contribution >= 0.6 is 0 Å². The van der Waals surface area contributed by atoms with Gasteiger partial charge in [0, 0.05) is 12.5 Å². The van der Waals surface area contributed by atoms with E-state index in [9.17, 15) is 19.8 Å². The Hall–Kier alpha value is -1.44. The van der Waals surface area contributed by atoms with Gasteiger partial charge in [-0.15, -0.1) is 0 Å². The topological polar surface area (TPSA) is 116 Å². The fourth-order valence-electron chi connectivity index (χ4n) is 3.81. The first-order chi connectivity index (χ1) is 10.8. The highest BCUT2D eigenvalue weighted by molar-refractivity contribution is 5.96. The van der Waals surface area contributed by atoms with E-state index in [1.165, 1.54) is 6.92 Å². The molecule has 4 N–H and O–H groups in total. The number of aliphatic hydroxyl groups excluding tert-OH is 2. The summed E-state index contributed by atoms with van der Waals surface area (Å²) in [4.78, 5) is 24.8. The van der Waals surface area contributed by atoms with Crippen LogP contribution in [-0.2, 0) is 14.3 Å². The molecule has 1 aliphatic carbocycles. The summed E-state index contributed by atoms with van der Waals surface area (Å²) >= 11 is 0. The van der Waals surface area contributed by atoms with Gasteiger partial charge in [-0.05, 0) is 32.6 Å². The Bertz CT molecular complexity index is 503. The number of amides is 1. The maximum absolute atomic E-state index is 12.5. The lowest BCUT2D eigenvalue weighted by molar-refractivity contribution is -0.174. The summed E-state index contributed by atoms with van der Waals surface area (Å²) in [7, 11) is 1.15. The number of hydrogen-bond acceptors (Lipinski definition) is 6. The molecule has 5 atom stereocenters. The van der Waals surface area contributed by atoms with Crippen LogP contribution in [0.3, 0.4) is 0 Å². The molecule has 0 saturated carbocycles. The molecule has 0 aromatic carbocycles. The van der Waals surface area contributed by atoms with Crippen molar-refractivity contribution in [1.29, 1.82) is 0 Å². The predicted molar refractivity (Wildman–Crippen MR) is 81.2 cm³/mol. The molecule has 2 unspecified atom stereocenters. The first-order valence-electron chi connectivity index (χ1n) is 7.91. The molecule has 7 nitrogen and oxygen atoms in total. The Morgan fingerprint density at radius 3 is 2.78 bits per heavy atom. The fraction of sp³-hybridized carbons (Fsp3) is 0.750. The summed E-state index contributed by atoms with van der Waals surface area (Å²) in [5.41, 5.74) is -3.84. The average Bonchev–Trinajstić information content (AvgIpc) is 2.75. The number of allylic oxidation sites excluding steroid dienone is 1. The fourth-order valence-corrected chi connectivity index (χ4v) is 3.81. The van der Waals surface area contributed by atoms with Crippen LogP contribution < -0.4 is 5.32 Å². The van der Waals surface area contributed by atoms with E-state index in [0.29, 0.717) is 6.42 Å². The molecule has 1 amide bonds. The maximum atomic E-state index is 12.5. The van der Waals surface area contributed by atoms with Gasteiger partial charge in [-0.25, -0.2) is 4.79 Å². The van der Waals surface area contributed by atoms with E-state index >= 15 is 0 Å². The van der Waals surface area contributed by atoms with Crippen molar-refractivity contribution in [3.63, 3.8) is 0 Å². The zero-order chi connectivity index (χ0) is 17.3. The minimum Gasteiger partial charge on any atom is -0.467 e. The third-order valence-corrected chi connectivity index (χ3v) is 5.18. The monoisotopic (exact) mass is 327 g/mol. The maximum Gasteiger partial charge on any atom is 0.337 e. The van der Waals surface area contributed by atoms with E-state index in [-0.39, 0.29) is 18.9 Å². The van der Waals surface area contributed by atoms with Crippen LogP contribution in [0.4, 0.5) is 0 Å². The number of nitrogens with one attached hydrogen (secondary N) is 1. The number of carbonyl (C=O) groups excluding carboxylic acids is 2. The van der Waals surface area contributed by atoms with Crippen LogP contribution in [0.15, 0.2) is 12.2 Å². The lowest BCUT2D eigenvalue weighted by Gasteiger charge is -2.44. The van der Waals surface area contributed by atoms with Crippen LogP contribution in [0.1, 0.15) is 32.6 Å². The van der Waals surface area contributed by atoms with Gasteiger partial charge in [0.25, 0.3) is 0 Å². The van der Waals surface area contributed by atoms with E-state index in [0.717, 1.165) is 20.0 Å². The van der Waals surface area contributed by atoms with Crippen molar-refractivity contribution in [2.45, 2.75) is 49.9 Å². The van der Waals surface area contributed by atoms with E-state index < -0.39 is 35.0 Å². The molecule has 0 spiro atoms. The molecule has 1 saturated heterocycles. The number of carbonyl (C=O) groups is 2. The second kappa shape index (κ2) is 6.59. The number of hydrogen-bond donors (Lipinski definition) is 4. The quantitative estimate of drug-likeness (QED) is 0.399. The first kappa shape index (κ1) is 17.9. The molecule has 1 aliphatic heterocycles. The van der Waals surface area contributed by atoms with Gasteiger partial charge >= 0.3 is 5.97 Å². The molecule has 1 fully saturated rings. The summed E-state index contributed by atoms with van der Waals surface area (Å²) in [5, 5.41) is 33.5. The van der Waals surface area contributed by atoms with Gasteiger partial charge in [-0.2, -0.15) is 0 Å². The van der Waals surface area contributed by atoms with E-state index in [1.54, 1.807) is 6.08 Å². The Morgan fingerprint density at radius 2 is 2.26 bits per heavy atom. The Labute approximate surface area is 135 Å². The second-order valence-corrected chi connectivity index (χ2v) is 6.47. The van der Waals surface area contributed by atoms with Gasteiger partial charge < -0.3 is 25.4 Å². The molecule has 0 aromatic heterocycles. The van der Waals surface area contributed by atoms with E-state index in [2.05, 4.69) is 5.32 Å². The zero-order valence-corrected chi connectivity index (χ0v) is 13.5. The number of methoxy groups -OCH3 is 1. The third-order valence-electron chi connectivity index (χ3n) is 5.18. The molecule has 2 rings (SSSR count). The van der Waals surface area contributed by atoms with E-state index in [4.69, 9.17) is 9.84 Å². The Balaban J connectivity index is 2.47. The Kier molecular flexibility index (Phi) is 5.13. The van der Waals surface area contributed by atoms with Crippen molar-refractivity contribution in [2.75, 3.05) is 13.7 Å². The number of rotatable bonds is 5. The molecular weight excluding hydrogens is 302 g/mol.